The van der Waals surface area contributed by atoms with Gasteiger partial charge in [0.2, 0.25) is 0 Å². The molecule has 2 aliphatic carbocycles. The molecule has 2 nitrogen and oxygen atoms in total. The Labute approximate surface area is 121 Å². The average Bonchev–Trinajstić information content (AvgIpc) is 2.90. The molecular weight excluding hydrogens is 254 g/mol. The summed E-state index contributed by atoms with van der Waals surface area (Å²) in [5.74, 6) is 0.729. The smallest absolute Gasteiger partial charge is 0.0506 e. The van der Waals surface area contributed by atoms with Gasteiger partial charge in [0.15, 0.2) is 0 Å². The molecule has 0 spiro atoms. The highest BCUT2D eigenvalue weighted by molar-refractivity contribution is 7.86. The fourth-order valence-electron chi connectivity index (χ4n) is 3.87. The Balaban J connectivity index is 2.07. The van der Waals surface area contributed by atoms with Gasteiger partial charge in [-0.15, -0.1) is 0 Å². The lowest BCUT2D eigenvalue weighted by atomic mass is 9.71. The molecule has 2 rings (SSSR count). The molecule has 0 aromatic rings. The van der Waals surface area contributed by atoms with E-state index in [-0.39, 0.29) is 0 Å². The minimum absolute atomic E-state index is 0.358. The molecule has 0 aromatic carbocycles. The second-order valence-corrected chi connectivity index (χ2v) is 9.47. The van der Waals surface area contributed by atoms with Crippen molar-refractivity contribution in [3.8, 4) is 0 Å². The van der Waals surface area contributed by atoms with E-state index in [4.69, 9.17) is 0 Å². The molecule has 4 atom stereocenters. The fourth-order valence-corrected chi connectivity index (χ4v) is 6.18. The van der Waals surface area contributed by atoms with E-state index in [1.807, 2.05) is 7.05 Å². The maximum absolute atomic E-state index is 12.9. The van der Waals surface area contributed by atoms with Crippen molar-refractivity contribution in [1.29, 1.82) is 0 Å². The molecule has 2 fully saturated rings. The van der Waals surface area contributed by atoms with Gasteiger partial charge in [-0.25, -0.2) is 0 Å². The van der Waals surface area contributed by atoms with Gasteiger partial charge in [-0.05, 0) is 50.5 Å². The van der Waals surface area contributed by atoms with Gasteiger partial charge in [-0.1, -0.05) is 33.6 Å². The minimum atomic E-state index is -0.630. The third-order valence-corrected chi connectivity index (χ3v) is 7.56. The van der Waals surface area contributed by atoms with Crippen LogP contribution in [-0.4, -0.2) is 27.8 Å². The first kappa shape index (κ1) is 15.5. The fraction of sp³-hybridized carbons (Fsp3) is 1.00. The van der Waals surface area contributed by atoms with Crippen LogP contribution in [0.3, 0.4) is 0 Å². The maximum atomic E-state index is 12.9. The molecule has 0 aromatic heterocycles. The summed E-state index contributed by atoms with van der Waals surface area (Å²) in [6.07, 6.45) is 8.60. The Hall–Kier alpha value is 0.110. The highest BCUT2D eigenvalue weighted by atomic mass is 32.2. The molecule has 4 unspecified atom stereocenters. The van der Waals surface area contributed by atoms with E-state index in [1.54, 1.807) is 0 Å². The van der Waals surface area contributed by atoms with Crippen LogP contribution in [0.25, 0.3) is 0 Å². The molecular formula is C16H31NOS. The summed E-state index contributed by atoms with van der Waals surface area (Å²) < 4.78 is 12.9. The van der Waals surface area contributed by atoms with E-state index in [9.17, 15) is 4.21 Å². The summed E-state index contributed by atoms with van der Waals surface area (Å²) in [6, 6.07) is 0.472. The summed E-state index contributed by atoms with van der Waals surface area (Å²) in [5.41, 5.74) is 0.358. The number of hydrogen-bond acceptors (Lipinski definition) is 2. The normalized spacial score (nSPS) is 35.5. The zero-order valence-electron chi connectivity index (χ0n) is 13.1. The first-order chi connectivity index (χ1) is 8.93. The van der Waals surface area contributed by atoms with Crippen LogP contribution in [0.5, 0.6) is 0 Å². The van der Waals surface area contributed by atoms with Gasteiger partial charge < -0.3 is 5.32 Å². The molecule has 0 heterocycles. The van der Waals surface area contributed by atoms with E-state index in [1.165, 1.54) is 38.5 Å². The van der Waals surface area contributed by atoms with Gasteiger partial charge in [0.25, 0.3) is 0 Å². The Morgan fingerprint density at radius 2 is 1.68 bits per heavy atom. The highest BCUT2D eigenvalue weighted by Crippen LogP contribution is 2.41. The van der Waals surface area contributed by atoms with Crippen molar-refractivity contribution in [2.45, 2.75) is 82.3 Å². The highest BCUT2D eigenvalue weighted by Gasteiger charge is 2.40. The average molecular weight is 285 g/mol. The van der Waals surface area contributed by atoms with Crippen molar-refractivity contribution in [3.63, 3.8) is 0 Å². The number of rotatable bonds is 3. The van der Waals surface area contributed by atoms with Crippen molar-refractivity contribution in [2.75, 3.05) is 7.05 Å². The Morgan fingerprint density at radius 1 is 1.05 bits per heavy atom. The van der Waals surface area contributed by atoms with Crippen LogP contribution >= 0.6 is 0 Å². The van der Waals surface area contributed by atoms with Gasteiger partial charge in [0.05, 0.1) is 5.25 Å². The molecule has 0 saturated heterocycles. The van der Waals surface area contributed by atoms with Crippen LogP contribution in [-0.2, 0) is 10.8 Å². The van der Waals surface area contributed by atoms with Crippen molar-refractivity contribution in [1.82, 2.24) is 5.32 Å². The Morgan fingerprint density at radius 3 is 2.21 bits per heavy atom. The quantitative estimate of drug-likeness (QED) is 0.860. The molecule has 0 aliphatic heterocycles. The summed E-state index contributed by atoms with van der Waals surface area (Å²) in [5, 5.41) is 4.30. The third kappa shape index (κ3) is 3.60. The number of nitrogens with one attached hydrogen (secondary N) is 1. The van der Waals surface area contributed by atoms with E-state index in [0.29, 0.717) is 22.0 Å². The van der Waals surface area contributed by atoms with Gasteiger partial charge >= 0.3 is 0 Å². The van der Waals surface area contributed by atoms with E-state index in [2.05, 4.69) is 26.1 Å². The first-order valence-electron chi connectivity index (χ1n) is 8.00. The summed E-state index contributed by atoms with van der Waals surface area (Å²) >= 11 is 0. The van der Waals surface area contributed by atoms with E-state index in [0.717, 1.165) is 12.3 Å². The van der Waals surface area contributed by atoms with Crippen molar-refractivity contribution in [3.05, 3.63) is 0 Å². The topological polar surface area (TPSA) is 29.1 Å². The van der Waals surface area contributed by atoms with Gasteiger partial charge in [0, 0.05) is 22.1 Å². The van der Waals surface area contributed by atoms with Crippen LogP contribution in [0.15, 0.2) is 0 Å². The predicted octanol–water partition coefficient (Wildman–Crippen LogP) is 3.48. The van der Waals surface area contributed by atoms with Crippen molar-refractivity contribution >= 4 is 10.8 Å². The van der Waals surface area contributed by atoms with E-state index >= 15 is 0 Å². The molecule has 112 valence electrons. The van der Waals surface area contributed by atoms with E-state index < -0.39 is 10.8 Å². The van der Waals surface area contributed by atoms with Crippen LogP contribution < -0.4 is 5.32 Å². The molecule has 1 N–H and O–H groups in total. The predicted molar refractivity (Wildman–Crippen MR) is 83.8 cm³/mol. The standard InChI is InChI=1S/C16H31NOS/c1-16(2,3)12-9-10-14(17-4)15(11-12)19(18)13-7-5-6-8-13/h12-15,17H,5-11H2,1-4H3. The van der Waals surface area contributed by atoms with Crippen LogP contribution in [0.2, 0.25) is 0 Å². The van der Waals surface area contributed by atoms with Gasteiger partial charge in [-0.2, -0.15) is 0 Å². The molecule has 0 amide bonds. The van der Waals surface area contributed by atoms with Crippen molar-refractivity contribution < 1.29 is 4.21 Å². The summed E-state index contributed by atoms with van der Waals surface area (Å²) in [4.78, 5) is 0. The van der Waals surface area contributed by atoms with Crippen LogP contribution in [0.1, 0.15) is 65.7 Å². The second-order valence-electron chi connectivity index (χ2n) is 7.54. The summed E-state index contributed by atoms with van der Waals surface area (Å²) in [7, 11) is 1.41. The van der Waals surface area contributed by atoms with Gasteiger partial charge in [-0.3, -0.25) is 4.21 Å². The van der Waals surface area contributed by atoms with Crippen LogP contribution in [0.4, 0.5) is 0 Å². The Bertz CT molecular complexity index is 317. The molecule has 3 heteroatoms. The monoisotopic (exact) mass is 285 g/mol. The lowest BCUT2D eigenvalue weighted by Gasteiger charge is -2.42. The molecule has 0 bridgehead atoms. The maximum Gasteiger partial charge on any atom is 0.0506 e. The minimum Gasteiger partial charge on any atom is -0.316 e. The molecule has 19 heavy (non-hydrogen) atoms. The summed E-state index contributed by atoms with van der Waals surface area (Å²) in [6.45, 7) is 7.02. The van der Waals surface area contributed by atoms with Gasteiger partial charge in [0.1, 0.15) is 0 Å². The largest absolute Gasteiger partial charge is 0.316 e. The first-order valence-corrected chi connectivity index (χ1v) is 9.27. The third-order valence-electron chi connectivity index (χ3n) is 5.32. The van der Waals surface area contributed by atoms with Crippen LogP contribution in [0, 0.1) is 11.3 Å². The molecule has 2 saturated carbocycles. The Kier molecular flexibility index (Phi) is 5.10. The number of hydrogen-bond donors (Lipinski definition) is 1. The lowest BCUT2D eigenvalue weighted by Crippen LogP contribution is -2.48. The van der Waals surface area contributed by atoms with Crippen molar-refractivity contribution in [2.24, 2.45) is 11.3 Å². The molecule has 2 aliphatic rings. The zero-order valence-corrected chi connectivity index (χ0v) is 13.9. The lowest BCUT2D eigenvalue weighted by molar-refractivity contribution is 0.165. The zero-order chi connectivity index (χ0) is 14.0. The second kappa shape index (κ2) is 6.26. The SMILES string of the molecule is CNC1CCC(C(C)(C)C)CC1S(=O)C1CCCC1. The molecule has 0 radical (unpaired) electrons.